The van der Waals surface area contributed by atoms with Crippen molar-refractivity contribution < 1.29 is 9.53 Å². The van der Waals surface area contributed by atoms with Gasteiger partial charge < -0.3 is 15.4 Å². The van der Waals surface area contributed by atoms with E-state index in [1.807, 2.05) is 55.5 Å². The Morgan fingerprint density at radius 3 is 2.24 bits per heavy atom. The van der Waals surface area contributed by atoms with E-state index in [-0.39, 0.29) is 11.3 Å². The van der Waals surface area contributed by atoms with Crippen LogP contribution in [0.2, 0.25) is 0 Å². The van der Waals surface area contributed by atoms with Crippen LogP contribution in [0.1, 0.15) is 43.6 Å². The second-order valence-corrected chi connectivity index (χ2v) is 7.60. The summed E-state index contributed by atoms with van der Waals surface area (Å²) in [6.07, 6.45) is 3.02. The summed E-state index contributed by atoms with van der Waals surface area (Å²) in [5.41, 5.74) is 2.93. The molecule has 3 aromatic rings. The van der Waals surface area contributed by atoms with E-state index >= 15 is 0 Å². The first-order valence-corrected chi connectivity index (χ1v) is 9.60. The molecule has 1 heterocycles. The quantitative estimate of drug-likeness (QED) is 0.607. The second kappa shape index (κ2) is 8.73. The van der Waals surface area contributed by atoms with E-state index in [1.54, 1.807) is 0 Å². The zero-order valence-corrected chi connectivity index (χ0v) is 17.2. The number of nitrogens with zero attached hydrogens (tertiary/aromatic N) is 2. The lowest BCUT2D eigenvalue weighted by molar-refractivity contribution is 0.102. The minimum atomic E-state index is -0.247. The van der Waals surface area contributed by atoms with Crippen LogP contribution in [0.4, 0.5) is 17.3 Å². The lowest BCUT2D eigenvalue weighted by Gasteiger charge is -2.23. The molecule has 0 radical (unpaired) electrons. The molecule has 6 nitrogen and oxygen atoms in total. The first-order valence-electron chi connectivity index (χ1n) is 9.60. The smallest absolute Gasteiger partial charge is 0.258 e. The Kier molecular flexibility index (Phi) is 6.12. The highest BCUT2D eigenvalue weighted by Crippen LogP contribution is 2.29. The van der Waals surface area contributed by atoms with Gasteiger partial charge in [-0.1, -0.05) is 51.1 Å². The summed E-state index contributed by atoms with van der Waals surface area (Å²) in [7, 11) is 0. The molecule has 6 heteroatoms. The van der Waals surface area contributed by atoms with Crippen molar-refractivity contribution in [1.29, 1.82) is 0 Å². The number of nitrogens with one attached hydrogen (secondary N) is 2. The summed E-state index contributed by atoms with van der Waals surface area (Å²) in [6, 6.07) is 15.4. The van der Waals surface area contributed by atoms with Gasteiger partial charge in [-0.15, -0.1) is 0 Å². The summed E-state index contributed by atoms with van der Waals surface area (Å²) < 4.78 is 5.59. The molecule has 0 aliphatic heterocycles. The molecule has 0 unspecified atom stereocenters. The SMILES string of the molecule is CCOc1ccccc1Nc1ncc(C(=O)Nc2ccccc2C(C)(C)C)cn1. The number of para-hydroxylation sites is 3. The molecule has 29 heavy (non-hydrogen) atoms. The number of rotatable bonds is 6. The predicted octanol–water partition coefficient (Wildman–Crippen LogP) is 5.17. The average molecular weight is 390 g/mol. The molecule has 0 spiro atoms. The van der Waals surface area contributed by atoms with Gasteiger partial charge in [0.25, 0.3) is 5.91 Å². The molecule has 0 bridgehead atoms. The van der Waals surface area contributed by atoms with E-state index in [0.717, 1.165) is 22.7 Å². The van der Waals surface area contributed by atoms with Crippen LogP contribution < -0.4 is 15.4 Å². The Morgan fingerprint density at radius 2 is 1.59 bits per heavy atom. The van der Waals surface area contributed by atoms with Gasteiger partial charge in [-0.3, -0.25) is 4.79 Å². The van der Waals surface area contributed by atoms with Crippen molar-refractivity contribution in [1.82, 2.24) is 9.97 Å². The first kappa shape index (κ1) is 20.3. The van der Waals surface area contributed by atoms with Crippen molar-refractivity contribution in [3.8, 4) is 5.75 Å². The Hall–Kier alpha value is -3.41. The molecule has 2 N–H and O–H groups in total. The number of anilines is 3. The highest BCUT2D eigenvalue weighted by Gasteiger charge is 2.19. The third-order valence-electron chi connectivity index (χ3n) is 4.33. The van der Waals surface area contributed by atoms with Gasteiger partial charge in [0.15, 0.2) is 0 Å². The number of carbonyl (C=O) groups excluding carboxylic acids is 1. The van der Waals surface area contributed by atoms with E-state index in [1.165, 1.54) is 12.4 Å². The van der Waals surface area contributed by atoms with Crippen LogP contribution in [0.5, 0.6) is 5.75 Å². The number of amides is 1. The summed E-state index contributed by atoms with van der Waals surface area (Å²) in [5, 5.41) is 6.09. The van der Waals surface area contributed by atoms with Crippen LogP contribution in [-0.4, -0.2) is 22.5 Å². The average Bonchev–Trinajstić information content (AvgIpc) is 2.70. The maximum Gasteiger partial charge on any atom is 0.258 e. The number of ether oxygens (including phenoxy) is 1. The van der Waals surface area contributed by atoms with Gasteiger partial charge in [0.1, 0.15) is 5.75 Å². The highest BCUT2D eigenvalue weighted by atomic mass is 16.5. The molecule has 0 fully saturated rings. The van der Waals surface area contributed by atoms with Gasteiger partial charge >= 0.3 is 0 Å². The van der Waals surface area contributed by atoms with Crippen molar-refractivity contribution in [2.24, 2.45) is 0 Å². The monoisotopic (exact) mass is 390 g/mol. The van der Waals surface area contributed by atoms with Gasteiger partial charge in [-0.25, -0.2) is 9.97 Å². The number of benzene rings is 2. The van der Waals surface area contributed by atoms with Crippen molar-refractivity contribution in [3.63, 3.8) is 0 Å². The molecule has 0 saturated heterocycles. The molecular weight excluding hydrogens is 364 g/mol. The van der Waals surface area contributed by atoms with Crippen molar-refractivity contribution in [3.05, 3.63) is 72.1 Å². The highest BCUT2D eigenvalue weighted by molar-refractivity contribution is 6.04. The topological polar surface area (TPSA) is 76.1 Å². The zero-order chi connectivity index (χ0) is 20.9. The minimum absolute atomic E-state index is 0.0812. The standard InChI is InChI=1S/C23H26N4O2/c1-5-29-20-13-9-8-12-19(20)27-22-24-14-16(15-25-22)21(28)26-18-11-7-6-10-17(18)23(2,3)4/h6-15H,5H2,1-4H3,(H,26,28)(H,24,25,27). The lowest BCUT2D eigenvalue weighted by Crippen LogP contribution is -2.19. The zero-order valence-electron chi connectivity index (χ0n) is 17.2. The molecule has 0 saturated carbocycles. The van der Waals surface area contributed by atoms with E-state index < -0.39 is 0 Å². The van der Waals surface area contributed by atoms with Gasteiger partial charge in [0.2, 0.25) is 5.95 Å². The summed E-state index contributed by atoms with van der Waals surface area (Å²) in [4.78, 5) is 21.2. The van der Waals surface area contributed by atoms with Crippen LogP contribution in [0.25, 0.3) is 0 Å². The van der Waals surface area contributed by atoms with Gasteiger partial charge in [-0.2, -0.15) is 0 Å². The number of aromatic nitrogens is 2. The molecule has 1 amide bonds. The summed E-state index contributed by atoms with van der Waals surface area (Å²) in [5.74, 6) is 0.867. The molecular formula is C23H26N4O2. The minimum Gasteiger partial charge on any atom is -0.492 e. The van der Waals surface area contributed by atoms with Gasteiger partial charge in [0.05, 0.1) is 17.9 Å². The fourth-order valence-corrected chi connectivity index (χ4v) is 2.92. The first-order chi connectivity index (χ1) is 13.9. The number of hydrogen-bond acceptors (Lipinski definition) is 5. The largest absolute Gasteiger partial charge is 0.492 e. The fourth-order valence-electron chi connectivity index (χ4n) is 2.92. The maximum atomic E-state index is 12.7. The third-order valence-corrected chi connectivity index (χ3v) is 4.33. The molecule has 1 aromatic heterocycles. The maximum absolute atomic E-state index is 12.7. The Bertz CT molecular complexity index is 979. The second-order valence-electron chi connectivity index (χ2n) is 7.60. The Labute approximate surface area is 171 Å². The predicted molar refractivity (Wildman–Crippen MR) is 116 cm³/mol. The van der Waals surface area contributed by atoms with Crippen LogP contribution in [-0.2, 0) is 5.41 Å². The van der Waals surface area contributed by atoms with Gasteiger partial charge in [-0.05, 0) is 36.1 Å². The van der Waals surface area contributed by atoms with E-state index in [9.17, 15) is 4.79 Å². The van der Waals surface area contributed by atoms with E-state index in [0.29, 0.717) is 18.1 Å². The van der Waals surface area contributed by atoms with Crippen LogP contribution in [0.3, 0.4) is 0 Å². The Balaban J connectivity index is 1.74. The molecule has 0 aliphatic carbocycles. The number of carbonyl (C=O) groups is 1. The van der Waals surface area contributed by atoms with Gasteiger partial charge in [0, 0.05) is 18.1 Å². The molecule has 0 aliphatic rings. The lowest BCUT2D eigenvalue weighted by atomic mass is 9.86. The molecule has 3 rings (SSSR count). The van der Waals surface area contributed by atoms with Crippen molar-refractivity contribution in [2.45, 2.75) is 33.1 Å². The van der Waals surface area contributed by atoms with Crippen LogP contribution in [0.15, 0.2) is 60.9 Å². The Morgan fingerprint density at radius 1 is 0.966 bits per heavy atom. The van der Waals surface area contributed by atoms with E-state index in [4.69, 9.17) is 4.74 Å². The van der Waals surface area contributed by atoms with E-state index in [2.05, 4.69) is 41.4 Å². The normalized spacial score (nSPS) is 11.0. The molecule has 2 aromatic carbocycles. The molecule has 0 atom stereocenters. The van der Waals surface area contributed by atoms with Crippen molar-refractivity contribution >= 4 is 23.2 Å². The fraction of sp³-hybridized carbons (Fsp3) is 0.261. The third kappa shape index (κ3) is 5.10. The van der Waals surface area contributed by atoms with Crippen LogP contribution in [0, 0.1) is 0 Å². The van der Waals surface area contributed by atoms with Crippen LogP contribution >= 0.6 is 0 Å². The summed E-state index contributed by atoms with van der Waals surface area (Å²) >= 11 is 0. The number of hydrogen-bond donors (Lipinski definition) is 2. The molecule has 150 valence electrons. The van der Waals surface area contributed by atoms with Crippen molar-refractivity contribution in [2.75, 3.05) is 17.2 Å². The summed E-state index contributed by atoms with van der Waals surface area (Å²) in [6.45, 7) is 8.83.